The first-order valence-electron chi connectivity index (χ1n) is 5.91. The van der Waals surface area contributed by atoms with Crippen molar-refractivity contribution in [2.24, 2.45) is 0 Å². The van der Waals surface area contributed by atoms with E-state index in [0.29, 0.717) is 18.7 Å². The van der Waals surface area contributed by atoms with Crippen LogP contribution in [-0.2, 0) is 20.3 Å². The summed E-state index contributed by atoms with van der Waals surface area (Å²) in [7, 11) is -3.33. The Morgan fingerprint density at radius 3 is 2.74 bits per heavy atom. The molecule has 1 N–H and O–H groups in total. The van der Waals surface area contributed by atoms with Crippen LogP contribution in [0, 0.1) is 0 Å². The number of aromatic carboxylic acids is 1. The molecule has 1 fully saturated rings. The highest BCUT2D eigenvalue weighted by molar-refractivity contribution is 7.91. The summed E-state index contributed by atoms with van der Waals surface area (Å²) in [5, 5.41) is 8.23. The lowest BCUT2D eigenvalue weighted by Crippen LogP contribution is -2.29. The van der Waals surface area contributed by atoms with Crippen molar-refractivity contribution < 1.29 is 23.1 Å². The van der Waals surface area contributed by atoms with Crippen molar-refractivity contribution in [2.75, 3.05) is 6.61 Å². The fourth-order valence-electron chi connectivity index (χ4n) is 2.13. The summed E-state index contributed by atoms with van der Waals surface area (Å²) >= 11 is 0. The molecule has 0 bridgehead atoms. The summed E-state index contributed by atoms with van der Waals surface area (Å²) < 4.78 is 29.7. The van der Waals surface area contributed by atoms with Crippen molar-refractivity contribution in [3.63, 3.8) is 0 Å². The van der Waals surface area contributed by atoms with Crippen molar-refractivity contribution in [1.29, 1.82) is 0 Å². The first kappa shape index (κ1) is 14.0. The van der Waals surface area contributed by atoms with Gasteiger partial charge in [-0.1, -0.05) is 0 Å². The molecule has 1 aromatic heterocycles. The van der Waals surface area contributed by atoms with Crippen molar-refractivity contribution in [1.82, 2.24) is 4.98 Å². The molecule has 2 atom stereocenters. The van der Waals surface area contributed by atoms with E-state index in [1.165, 1.54) is 18.3 Å². The van der Waals surface area contributed by atoms with Gasteiger partial charge in [0.2, 0.25) is 0 Å². The molecule has 0 spiro atoms. The third-order valence-corrected chi connectivity index (χ3v) is 5.43. The molecule has 2 unspecified atom stereocenters. The summed E-state index contributed by atoms with van der Waals surface area (Å²) in [5.74, 6) is -1.27. The zero-order chi connectivity index (χ0) is 14.0. The van der Waals surface area contributed by atoms with Crippen LogP contribution in [0.25, 0.3) is 0 Å². The molecule has 1 aliphatic heterocycles. The van der Waals surface area contributed by atoms with Crippen molar-refractivity contribution in [3.05, 3.63) is 29.6 Å². The number of carboxylic acids is 1. The predicted molar refractivity (Wildman–Crippen MR) is 67.6 cm³/mol. The Balaban J connectivity index is 2.14. The van der Waals surface area contributed by atoms with Gasteiger partial charge in [-0.05, 0) is 25.5 Å². The second kappa shape index (κ2) is 5.26. The number of hydrogen-bond donors (Lipinski definition) is 1. The third kappa shape index (κ3) is 3.10. The molecule has 7 heteroatoms. The molecule has 19 heavy (non-hydrogen) atoms. The number of rotatable bonds is 4. The monoisotopic (exact) mass is 285 g/mol. The van der Waals surface area contributed by atoms with Gasteiger partial charge in [0.1, 0.15) is 0 Å². The minimum absolute atomic E-state index is 0.0405. The van der Waals surface area contributed by atoms with Crippen LogP contribution in [0.4, 0.5) is 0 Å². The molecule has 0 radical (unpaired) electrons. The van der Waals surface area contributed by atoms with E-state index in [1.807, 2.05) is 0 Å². The van der Waals surface area contributed by atoms with Crippen LogP contribution < -0.4 is 0 Å². The van der Waals surface area contributed by atoms with E-state index in [2.05, 4.69) is 4.98 Å². The number of carbonyl (C=O) groups is 1. The fourth-order valence-corrected chi connectivity index (χ4v) is 4.05. The summed E-state index contributed by atoms with van der Waals surface area (Å²) in [6, 6.07) is 2.79. The molecule has 0 aromatic carbocycles. The van der Waals surface area contributed by atoms with Gasteiger partial charge in [0.15, 0.2) is 9.84 Å². The molecular formula is C12H15NO5S. The van der Waals surface area contributed by atoms with E-state index in [9.17, 15) is 13.2 Å². The molecule has 1 saturated heterocycles. The Bertz CT molecular complexity index is 566. The van der Waals surface area contributed by atoms with Crippen molar-refractivity contribution >= 4 is 15.8 Å². The number of nitrogens with zero attached hydrogens (tertiary/aromatic N) is 1. The second-order valence-corrected chi connectivity index (χ2v) is 6.77. The molecule has 6 nitrogen and oxygen atoms in total. The number of sulfone groups is 1. The van der Waals surface area contributed by atoms with Crippen LogP contribution >= 0.6 is 0 Å². The molecule has 2 rings (SSSR count). The van der Waals surface area contributed by atoms with Crippen LogP contribution in [-0.4, -0.2) is 42.4 Å². The van der Waals surface area contributed by atoms with Crippen LogP contribution in [0.2, 0.25) is 0 Å². The van der Waals surface area contributed by atoms with Crippen molar-refractivity contribution in [3.8, 4) is 0 Å². The van der Waals surface area contributed by atoms with E-state index in [4.69, 9.17) is 9.84 Å². The number of carboxylic acid groups (broad SMARTS) is 1. The highest BCUT2D eigenvalue weighted by Gasteiger charge is 2.35. The highest BCUT2D eigenvalue weighted by atomic mass is 32.2. The lowest BCUT2D eigenvalue weighted by molar-refractivity contribution is 0.0696. The van der Waals surface area contributed by atoms with E-state index < -0.39 is 21.1 Å². The van der Waals surface area contributed by atoms with Crippen LogP contribution in [0.15, 0.2) is 18.3 Å². The quantitative estimate of drug-likeness (QED) is 0.882. The number of ether oxygens (including phenoxy) is 1. The number of hydrogen-bond acceptors (Lipinski definition) is 5. The average molecular weight is 285 g/mol. The maximum absolute atomic E-state index is 12.2. The normalized spacial score (nSPS) is 23.4. The summed E-state index contributed by atoms with van der Waals surface area (Å²) in [5.41, 5.74) is 0.391. The second-order valence-electron chi connectivity index (χ2n) is 4.55. The Kier molecular flexibility index (Phi) is 3.86. The van der Waals surface area contributed by atoms with Crippen LogP contribution in [0.3, 0.4) is 0 Å². The SMILES string of the molecule is CC1OCCC1S(=O)(=O)Cc1ccc(C(=O)O)cn1. The Labute approximate surface area is 111 Å². The van der Waals surface area contributed by atoms with Crippen LogP contribution in [0.1, 0.15) is 29.4 Å². The van der Waals surface area contributed by atoms with E-state index >= 15 is 0 Å². The maximum Gasteiger partial charge on any atom is 0.337 e. The molecule has 0 aliphatic carbocycles. The zero-order valence-corrected chi connectivity index (χ0v) is 11.3. The van der Waals surface area contributed by atoms with Gasteiger partial charge >= 0.3 is 5.97 Å². The number of pyridine rings is 1. The first-order chi connectivity index (χ1) is 8.90. The number of aromatic nitrogens is 1. The van der Waals surface area contributed by atoms with Crippen LogP contribution in [0.5, 0.6) is 0 Å². The molecule has 0 amide bonds. The van der Waals surface area contributed by atoms with Gasteiger partial charge < -0.3 is 9.84 Å². The fraction of sp³-hybridized carbons (Fsp3) is 0.500. The lowest BCUT2D eigenvalue weighted by Gasteiger charge is -2.14. The first-order valence-corrected chi connectivity index (χ1v) is 7.63. The molecular weight excluding hydrogens is 270 g/mol. The minimum Gasteiger partial charge on any atom is -0.478 e. The summed E-state index contributed by atoms with van der Waals surface area (Å²) in [6.07, 6.45) is 1.36. The topological polar surface area (TPSA) is 93.6 Å². The lowest BCUT2D eigenvalue weighted by atomic mass is 10.2. The maximum atomic E-state index is 12.2. The predicted octanol–water partition coefficient (Wildman–Crippen LogP) is 0.872. The molecule has 0 saturated carbocycles. The Hall–Kier alpha value is -1.47. The largest absolute Gasteiger partial charge is 0.478 e. The van der Waals surface area contributed by atoms with Gasteiger partial charge in [-0.2, -0.15) is 0 Å². The van der Waals surface area contributed by atoms with E-state index in [-0.39, 0.29) is 17.4 Å². The minimum atomic E-state index is -3.33. The van der Waals surface area contributed by atoms with Gasteiger partial charge in [-0.15, -0.1) is 0 Å². The molecule has 104 valence electrons. The molecule has 2 heterocycles. The summed E-state index contributed by atoms with van der Waals surface area (Å²) in [4.78, 5) is 14.6. The van der Waals surface area contributed by atoms with Crippen molar-refractivity contribution in [2.45, 2.75) is 30.5 Å². The highest BCUT2D eigenvalue weighted by Crippen LogP contribution is 2.23. The van der Waals surface area contributed by atoms with Gasteiger partial charge in [0.05, 0.1) is 28.4 Å². The van der Waals surface area contributed by atoms with E-state index in [1.54, 1.807) is 6.92 Å². The smallest absolute Gasteiger partial charge is 0.337 e. The third-order valence-electron chi connectivity index (χ3n) is 3.19. The van der Waals surface area contributed by atoms with Gasteiger partial charge in [-0.3, -0.25) is 4.98 Å². The van der Waals surface area contributed by atoms with Gasteiger partial charge in [0, 0.05) is 12.8 Å². The van der Waals surface area contributed by atoms with E-state index in [0.717, 1.165) is 0 Å². The Morgan fingerprint density at radius 2 is 2.26 bits per heavy atom. The standard InChI is InChI=1S/C12H15NO5S/c1-8-11(4-5-18-8)19(16,17)7-10-3-2-9(6-13-10)12(14)15/h2-3,6,8,11H,4-5,7H2,1H3,(H,14,15). The molecule has 1 aliphatic rings. The Morgan fingerprint density at radius 1 is 1.53 bits per heavy atom. The van der Waals surface area contributed by atoms with Gasteiger partial charge in [0.25, 0.3) is 0 Å². The zero-order valence-electron chi connectivity index (χ0n) is 10.4. The average Bonchev–Trinajstić information content (AvgIpc) is 2.76. The van der Waals surface area contributed by atoms with Gasteiger partial charge in [-0.25, -0.2) is 13.2 Å². The molecule has 1 aromatic rings. The summed E-state index contributed by atoms with van der Waals surface area (Å²) in [6.45, 7) is 2.20.